The number of urea groups is 1. The van der Waals surface area contributed by atoms with Crippen LogP contribution in [0.5, 0.6) is 0 Å². The minimum Gasteiger partial charge on any atom is -0.463 e. The molecule has 1 saturated heterocycles. The van der Waals surface area contributed by atoms with E-state index in [-0.39, 0.29) is 12.3 Å². The van der Waals surface area contributed by atoms with Gasteiger partial charge in [-0.1, -0.05) is 17.7 Å². The van der Waals surface area contributed by atoms with Gasteiger partial charge in [-0.05, 0) is 43.7 Å². The number of carbonyl (C=O) groups excluding carboxylic acids is 1. The first-order valence-corrected chi connectivity index (χ1v) is 10.3. The zero-order valence-corrected chi connectivity index (χ0v) is 18.1. The Morgan fingerprint density at radius 1 is 1.16 bits per heavy atom. The van der Waals surface area contributed by atoms with Gasteiger partial charge in [0.1, 0.15) is 11.5 Å². The largest absolute Gasteiger partial charge is 0.463 e. The quantitative estimate of drug-likeness (QED) is 0.702. The molecule has 0 aliphatic carbocycles. The number of hydrogen-bond acceptors (Lipinski definition) is 4. The maximum absolute atomic E-state index is 13.5. The predicted octanol–water partition coefficient (Wildman–Crippen LogP) is 4.22. The highest BCUT2D eigenvalue weighted by Gasteiger charge is 2.56. The molecule has 6 nitrogen and oxygen atoms in total. The lowest BCUT2D eigenvalue weighted by Gasteiger charge is -2.37. The van der Waals surface area contributed by atoms with Gasteiger partial charge in [-0.2, -0.15) is 13.2 Å². The van der Waals surface area contributed by atoms with E-state index in [1.807, 2.05) is 25.1 Å². The van der Waals surface area contributed by atoms with Gasteiger partial charge in [0, 0.05) is 49.9 Å². The van der Waals surface area contributed by atoms with Crippen molar-refractivity contribution in [3.8, 4) is 0 Å². The van der Waals surface area contributed by atoms with Crippen LogP contribution in [-0.4, -0.2) is 54.9 Å². The second-order valence-electron chi connectivity index (χ2n) is 7.66. The van der Waals surface area contributed by atoms with Crippen LogP contribution in [0.3, 0.4) is 0 Å². The van der Waals surface area contributed by atoms with Crippen LogP contribution in [0.25, 0.3) is 0 Å². The van der Waals surface area contributed by atoms with Gasteiger partial charge in [-0.3, -0.25) is 0 Å². The molecule has 0 bridgehead atoms. The van der Waals surface area contributed by atoms with Crippen LogP contribution < -0.4 is 10.2 Å². The van der Waals surface area contributed by atoms with Crippen molar-refractivity contribution in [2.24, 2.45) is 0 Å². The maximum atomic E-state index is 13.5. The number of halogens is 4. The van der Waals surface area contributed by atoms with E-state index in [0.29, 0.717) is 31.2 Å². The highest BCUT2D eigenvalue weighted by molar-refractivity contribution is 6.30. The van der Waals surface area contributed by atoms with Gasteiger partial charge in [-0.25, -0.2) is 4.79 Å². The smallest absolute Gasteiger partial charge is 0.424 e. The zero-order chi connectivity index (χ0) is 22.8. The molecular weight excluding hydrogens is 435 g/mol. The van der Waals surface area contributed by atoms with Crippen LogP contribution in [0.4, 0.5) is 23.7 Å². The number of carbonyl (C=O) groups is 1. The van der Waals surface area contributed by atoms with Gasteiger partial charge in [0.25, 0.3) is 0 Å². The Kier molecular flexibility index (Phi) is 6.76. The van der Waals surface area contributed by atoms with Crippen molar-refractivity contribution >= 4 is 23.3 Å². The lowest BCUT2D eigenvalue weighted by Crippen LogP contribution is -2.53. The molecule has 10 heteroatoms. The lowest BCUT2D eigenvalue weighted by molar-refractivity contribution is -0.274. The summed E-state index contributed by atoms with van der Waals surface area (Å²) in [6.07, 6.45) is -5.70. The monoisotopic (exact) mass is 459 g/mol. The number of rotatable bonds is 5. The number of amides is 2. The fraction of sp³-hybridized carbons (Fsp3) is 0.476. The normalized spacial score (nSPS) is 16.9. The maximum Gasteiger partial charge on any atom is 0.424 e. The molecule has 1 aliphatic heterocycles. The van der Waals surface area contributed by atoms with Crippen LogP contribution in [-0.2, 0) is 5.60 Å². The van der Waals surface area contributed by atoms with E-state index in [1.165, 1.54) is 13.0 Å². The lowest BCUT2D eigenvalue weighted by atomic mass is 9.96. The van der Waals surface area contributed by atoms with Crippen molar-refractivity contribution in [3.05, 3.63) is 52.4 Å². The van der Waals surface area contributed by atoms with E-state index in [0.717, 1.165) is 17.3 Å². The minimum atomic E-state index is -4.94. The summed E-state index contributed by atoms with van der Waals surface area (Å²) in [7, 11) is 0. The fourth-order valence-electron chi connectivity index (χ4n) is 3.60. The van der Waals surface area contributed by atoms with Crippen LogP contribution in [0.15, 0.2) is 34.7 Å². The number of aryl methyl sites for hydroxylation is 2. The number of furan rings is 1. The summed E-state index contributed by atoms with van der Waals surface area (Å²) in [6.45, 7) is 5.10. The van der Waals surface area contributed by atoms with Crippen molar-refractivity contribution in [1.82, 2.24) is 10.2 Å². The molecule has 0 radical (unpaired) electrons. The summed E-state index contributed by atoms with van der Waals surface area (Å²) in [5, 5.41) is 13.4. The van der Waals surface area contributed by atoms with Gasteiger partial charge in [0.2, 0.25) is 5.60 Å². The second-order valence-corrected chi connectivity index (χ2v) is 8.09. The first-order chi connectivity index (χ1) is 14.5. The summed E-state index contributed by atoms with van der Waals surface area (Å²) < 4.78 is 45.5. The first-order valence-electron chi connectivity index (χ1n) is 9.91. The number of hydrogen-bond donors (Lipinski definition) is 2. The predicted molar refractivity (Wildman–Crippen MR) is 111 cm³/mol. The van der Waals surface area contributed by atoms with Gasteiger partial charge in [0.15, 0.2) is 0 Å². The van der Waals surface area contributed by atoms with Gasteiger partial charge in [-0.15, -0.1) is 0 Å². The van der Waals surface area contributed by atoms with Crippen LogP contribution in [0, 0.1) is 13.8 Å². The SMILES string of the molecule is Cc1ccc(C(O)(CCNC(=O)N2CCN(c3cc(Cl)ccc3C)CC2)C(F)(F)F)o1. The molecule has 2 aromatic rings. The molecule has 0 spiro atoms. The number of anilines is 1. The molecule has 1 aromatic carbocycles. The number of alkyl halides is 3. The molecule has 3 rings (SSSR count). The van der Waals surface area contributed by atoms with Crippen LogP contribution >= 0.6 is 11.6 Å². The molecule has 1 unspecified atom stereocenters. The Morgan fingerprint density at radius 3 is 2.42 bits per heavy atom. The molecule has 1 atom stereocenters. The standard InChI is InChI=1S/C21H25ClF3N3O3/c1-14-3-5-16(22)13-17(14)27-9-11-28(12-10-27)19(29)26-8-7-20(30,21(23,24)25)18-6-4-15(2)31-18/h3-6,13,30H,7-12H2,1-2H3,(H,26,29). The molecule has 2 N–H and O–H groups in total. The summed E-state index contributed by atoms with van der Waals surface area (Å²) in [5.74, 6) is -0.327. The van der Waals surface area contributed by atoms with Crippen molar-refractivity contribution < 1.29 is 27.5 Å². The zero-order valence-electron chi connectivity index (χ0n) is 17.3. The van der Waals surface area contributed by atoms with Crippen LogP contribution in [0.2, 0.25) is 5.02 Å². The third kappa shape index (κ3) is 5.10. The van der Waals surface area contributed by atoms with E-state index in [4.69, 9.17) is 16.0 Å². The summed E-state index contributed by atoms with van der Waals surface area (Å²) in [6, 6.07) is 7.60. The molecule has 31 heavy (non-hydrogen) atoms. The van der Waals surface area contributed by atoms with Gasteiger partial charge in [0.05, 0.1) is 0 Å². The number of nitrogens with zero attached hydrogens (tertiary/aromatic N) is 2. The average molecular weight is 460 g/mol. The molecule has 0 saturated carbocycles. The van der Waals surface area contributed by atoms with Gasteiger partial charge >= 0.3 is 12.2 Å². The Labute approximate surface area is 183 Å². The van der Waals surface area contributed by atoms with E-state index in [1.54, 1.807) is 4.90 Å². The summed E-state index contributed by atoms with van der Waals surface area (Å²) in [4.78, 5) is 16.1. The molecule has 2 amide bonds. The Morgan fingerprint density at radius 2 is 1.84 bits per heavy atom. The second kappa shape index (κ2) is 9.00. The third-order valence-electron chi connectivity index (χ3n) is 5.46. The number of aliphatic hydroxyl groups is 1. The number of benzene rings is 1. The molecule has 1 fully saturated rings. The molecule has 1 aliphatic rings. The summed E-state index contributed by atoms with van der Waals surface area (Å²) >= 11 is 6.08. The molecule has 2 heterocycles. The molecular formula is C21H25ClF3N3O3. The Balaban J connectivity index is 1.55. The van der Waals surface area contributed by atoms with E-state index in [9.17, 15) is 23.1 Å². The topological polar surface area (TPSA) is 69.0 Å². The van der Waals surface area contributed by atoms with E-state index in [2.05, 4.69) is 10.2 Å². The molecule has 170 valence electrons. The fourth-order valence-corrected chi connectivity index (χ4v) is 3.76. The van der Waals surface area contributed by atoms with E-state index < -0.39 is 30.0 Å². The highest BCUT2D eigenvalue weighted by atomic mass is 35.5. The third-order valence-corrected chi connectivity index (χ3v) is 5.69. The minimum absolute atomic E-state index is 0.259. The van der Waals surface area contributed by atoms with Crippen LogP contribution in [0.1, 0.15) is 23.5 Å². The molecule has 1 aromatic heterocycles. The number of piperazine rings is 1. The van der Waals surface area contributed by atoms with E-state index >= 15 is 0 Å². The van der Waals surface area contributed by atoms with Crippen molar-refractivity contribution in [2.45, 2.75) is 32.0 Å². The highest BCUT2D eigenvalue weighted by Crippen LogP contribution is 2.42. The van der Waals surface area contributed by atoms with Gasteiger partial charge < -0.3 is 24.6 Å². The Bertz CT molecular complexity index is 926. The van der Waals surface area contributed by atoms with Crippen molar-refractivity contribution in [3.63, 3.8) is 0 Å². The average Bonchev–Trinajstić information content (AvgIpc) is 3.15. The first kappa shape index (κ1) is 23.3. The summed E-state index contributed by atoms with van der Waals surface area (Å²) in [5.41, 5.74) is -1.10. The van der Waals surface area contributed by atoms with Crippen molar-refractivity contribution in [2.75, 3.05) is 37.6 Å². The van der Waals surface area contributed by atoms with Crippen molar-refractivity contribution in [1.29, 1.82) is 0 Å². The Hall–Kier alpha value is -2.39. The number of nitrogens with one attached hydrogen (secondary N) is 1.